The van der Waals surface area contributed by atoms with Crippen LogP contribution in [0.5, 0.6) is 5.75 Å². The van der Waals surface area contributed by atoms with Crippen molar-refractivity contribution >= 4 is 17.3 Å². The number of rotatable bonds is 7. The van der Waals surface area contributed by atoms with Gasteiger partial charge in [0, 0.05) is 17.8 Å². The lowest BCUT2D eigenvalue weighted by molar-refractivity contribution is -0.385. The van der Waals surface area contributed by atoms with Gasteiger partial charge in [0.05, 0.1) is 4.92 Å². The Morgan fingerprint density at radius 3 is 2.50 bits per heavy atom. The molecule has 7 heteroatoms. The third kappa shape index (κ3) is 4.91. The standard InChI is InChI=1S/C21H17FN2O4/c22-17-10-11-19(24(26)27)20(13-17)28-14-21(25)23-18-9-5-4-8-16(18)12-15-6-2-1-3-7-15/h1-11,13H,12,14H2,(H,23,25). The largest absolute Gasteiger partial charge is 0.477 e. The summed E-state index contributed by atoms with van der Waals surface area (Å²) in [6, 6.07) is 20.0. The topological polar surface area (TPSA) is 81.5 Å². The van der Waals surface area contributed by atoms with Crippen LogP contribution in [0, 0.1) is 15.9 Å². The molecule has 0 aliphatic rings. The predicted octanol–water partition coefficient (Wildman–Crippen LogP) is 4.34. The first kappa shape index (κ1) is 19.0. The van der Waals surface area contributed by atoms with E-state index in [0.717, 1.165) is 29.3 Å². The second-order valence-electron chi connectivity index (χ2n) is 6.03. The number of hydrogen-bond donors (Lipinski definition) is 1. The Morgan fingerprint density at radius 1 is 1.04 bits per heavy atom. The van der Waals surface area contributed by atoms with E-state index in [1.807, 2.05) is 42.5 Å². The summed E-state index contributed by atoms with van der Waals surface area (Å²) < 4.78 is 18.5. The third-order valence-electron chi connectivity index (χ3n) is 4.01. The van der Waals surface area contributed by atoms with Gasteiger partial charge in [0.2, 0.25) is 5.75 Å². The third-order valence-corrected chi connectivity index (χ3v) is 4.01. The van der Waals surface area contributed by atoms with Crippen molar-refractivity contribution < 1.29 is 18.8 Å². The smallest absolute Gasteiger partial charge is 0.311 e. The highest BCUT2D eigenvalue weighted by Crippen LogP contribution is 2.27. The highest BCUT2D eigenvalue weighted by atomic mass is 19.1. The number of carbonyl (C=O) groups excluding carboxylic acids is 1. The molecule has 0 spiro atoms. The molecule has 0 aliphatic heterocycles. The van der Waals surface area contributed by atoms with Crippen molar-refractivity contribution in [3.63, 3.8) is 0 Å². The van der Waals surface area contributed by atoms with Crippen LogP contribution in [0.1, 0.15) is 11.1 Å². The average Bonchev–Trinajstić information content (AvgIpc) is 2.68. The number of nitrogens with zero attached hydrogens (tertiary/aromatic N) is 1. The molecule has 0 fully saturated rings. The van der Waals surface area contributed by atoms with Gasteiger partial charge in [-0.1, -0.05) is 48.5 Å². The number of para-hydroxylation sites is 1. The summed E-state index contributed by atoms with van der Waals surface area (Å²) >= 11 is 0. The van der Waals surface area contributed by atoms with E-state index in [1.54, 1.807) is 12.1 Å². The number of halogens is 1. The number of carbonyl (C=O) groups is 1. The number of nitro groups is 1. The Kier molecular flexibility index (Phi) is 5.96. The number of hydrogen-bond acceptors (Lipinski definition) is 4. The summed E-state index contributed by atoms with van der Waals surface area (Å²) in [5.41, 5.74) is 2.22. The molecule has 28 heavy (non-hydrogen) atoms. The van der Waals surface area contributed by atoms with E-state index in [-0.39, 0.29) is 5.75 Å². The van der Waals surface area contributed by atoms with Crippen molar-refractivity contribution in [2.75, 3.05) is 11.9 Å². The minimum Gasteiger partial charge on any atom is -0.477 e. The van der Waals surface area contributed by atoms with E-state index in [2.05, 4.69) is 5.32 Å². The summed E-state index contributed by atoms with van der Waals surface area (Å²) in [5, 5.41) is 13.7. The van der Waals surface area contributed by atoms with Gasteiger partial charge in [-0.15, -0.1) is 0 Å². The Morgan fingerprint density at radius 2 is 1.75 bits per heavy atom. The highest BCUT2D eigenvalue weighted by molar-refractivity contribution is 5.92. The zero-order chi connectivity index (χ0) is 19.9. The lowest BCUT2D eigenvalue weighted by atomic mass is 10.0. The number of nitrogens with one attached hydrogen (secondary N) is 1. The average molecular weight is 380 g/mol. The van der Waals surface area contributed by atoms with Gasteiger partial charge in [0.1, 0.15) is 5.82 Å². The predicted molar refractivity (Wildman–Crippen MR) is 103 cm³/mol. The zero-order valence-electron chi connectivity index (χ0n) is 14.8. The number of ether oxygens (including phenoxy) is 1. The van der Waals surface area contributed by atoms with Crippen LogP contribution in [0.4, 0.5) is 15.8 Å². The number of benzene rings is 3. The van der Waals surface area contributed by atoms with Gasteiger partial charge >= 0.3 is 5.69 Å². The quantitative estimate of drug-likeness (QED) is 0.488. The van der Waals surface area contributed by atoms with Crippen molar-refractivity contribution in [2.45, 2.75) is 6.42 Å². The van der Waals surface area contributed by atoms with Crippen LogP contribution in [0.2, 0.25) is 0 Å². The molecular formula is C21H17FN2O4. The van der Waals surface area contributed by atoms with Gasteiger partial charge in [0.15, 0.2) is 6.61 Å². The molecule has 0 atom stereocenters. The fraction of sp³-hybridized carbons (Fsp3) is 0.0952. The first-order valence-electron chi connectivity index (χ1n) is 8.51. The molecule has 3 aromatic rings. The van der Waals surface area contributed by atoms with E-state index in [1.165, 1.54) is 0 Å². The maximum Gasteiger partial charge on any atom is 0.311 e. The van der Waals surface area contributed by atoms with Crippen LogP contribution in [-0.2, 0) is 11.2 Å². The maximum absolute atomic E-state index is 13.3. The monoisotopic (exact) mass is 380 g/mol. The Labute approximate surface area is 160 Å². The molecule has 0 saturated heterocycles. The van der Waals surface area contributed by atoms with Crippen molar-refractivity contribution in [3.8, 4) is 5.75 Å². The minimum absolute atomic E-state index is 0.294. The van der Waals surface area contributed by atoms with Gasteiger partial charge in [-0.05, 0) is 29.7 Å². The summed E-state index contributed by atoms with van der Waals surface area (Å²) in [5.74, 6) is -1.48. The molecule has 0 aliphatic carbocycles. The first-order chi connectivity index (χ1) is 13.5. The normalized spacial score (nSPS) is 10.3. The van der Waals surface area contributed by atoms with Gasteiger partial charge < -0.3 is 10.1 Å². The maximum atomic E-state index is 13.3. The van der Waals surface area contributed by atoms with Crippen LogP contribution in [-0.4, -0.2) is 17.4 Å². The molecule has 0 unspecified atom stereocenters. The fourth-order valence-electron chi connectivity index (χ4n) is 2.70. The van der Waals surface area contributed by atoms with Gasteiger partial charge in [0.25, 0.3) is 5.91 Å². The van der Waals surface area contributed by atoms with Gasteiger partial charge in [-0.25, -0.2) is 4.39 Å². The molecule has 3 rings (SSSR count). The highest BCUT2D eigenvalue weighted by Gasteiger charge is 2.17. The number of amides is 1. The molecule has 0 saturated carbocycles. The molecule has 0 aromatic heterocycles. The Hall–Kier alpha value is -3.74. The van der Waals surface area contributed by atoms with Gasteiger partial charge in [-0.2, -0.15) is 0 Å². The Bertz CT molecular complexity index is 993. The van der Waals surface area contributed by atoms with E-state index >= 15 is 0 Å². The van der Waals surface area contributed by atoms with E-state index in [4.69, 9.17) is 4.74 Å². The molecule has 0 bridgehead atoms. The second-order valence-corrected chi connectivity index (χ2v) is 6.03. The van der Waals surface area contributed by atoms with Crippen LogP contribution < -0.4 is 10.1 Å². The molecule has 3 aromatic carbocycles. The fourth-order valence-corrected chi connectivity index (χ4v) is 2.70. The lowest BCUT2D eigenvalue weighted by Crippen LogP contribution is -2.21. The zero-order valence-corrected chi connectivity index (χ0v) is 14.8. The lowest BCUT2D eigenvalue weighted by Gasteiger charge is -2.12. The summed E-state index contributed by atoms with van der Waals surface area (Å²) in [6.45, 7) is -0.482. The van der Waals surface area contributed by atoms with Crippen molar-refractivity contribution in [1.82, 2.24) is 0 Å². The molecule has 142 valence electrons. The van der Waals surface area contributed by atoms with Crippen LogP contribution in [0.3, 0.4) is 0 Å². The number of anilines is 1. The summed E-state index contributed by atoms with van der Waals surface area (Å²) in [7, 11) is 0. The van der Waals surface area contributed by atoms with Crippen LogP contribution >= 0.6 is 0 Å². The van der Waals surface area contributed by atoms with E-state index < -0.39 is 28.9 Å². The van der Waals surface area contributed by atoms with E-state index in [9.17, 15) is 19.3 Å². The molecule has 6 nitrogen and oxygen atoms in total. The van der Waals surface area contributed by atoms with Crippen molar-refractivity contribution in [3.05, 3.63) is 99.9 Å². The van der Waals surface area contributed by atoms with Crippen LogP contribution in [0.25, 0.3) is 0 Å². The summed E-state index contributed by atoms with van der Waals surface area (Å²) in [6.07, 6.45) is 0.632. The Balaban J connectivity index is 1.68. The second kappa shape index (κ2) is 8.77. The number of nitro benzene ring substituents is 1. The first-order valence-corrected chi connectivity index (χ1v) is 8.51. The summed E-state index contributed by atoms with van der Waals surface area (Å²) in [4.78, 5) is 22.6. The molecule has 1 amide bonds. The van der Waals surface area contributed by atoms with Crippen LogP contribution in [0.15, 0.2) is 72.8 Å². The van der Waals surface area contributed by atoms with E-state index in [0.29, 0.717) is 12.1 Å². The molecule has 1 N–H and O–H groups in total. The SMILES string of the molecule is O=C(COc1cc(F)ccc1[N+](=O)[O-])Nc1ccccc1Cc1ccccc1. The minimum atomic E-state index is -0.693. The van der Waals surface area contributed by atoms with Crippen molar-refractivity contribution in [2.24, 2.45) is 0 Å². The van der Waals surface area contributed by atoms with Gasteiger partial charge in [-0.3, -0.25) is 14.9 Å². The molecular weight excluding hydrogens is 363 g/mol. The molecule has 0 heterocycles. The van der Waals surface area contributed by atoms with Crippen molar-refractivity contribution in [1.29, 1.82) is 0 Å². The molecule has 0 radical (unpaired) electrons.